The maximum atomic E-state index is 12.5. The number of aromatic nitrogens is 1. The van der Waals surface area contributed by atoms with Crippen molar-refractivity contribution in [2.75, 3.05) is 40.3 Å². The maximum absolute atomic E-state index is 12.5. The Kier molecular flexibility index (Phi) is 7.16. The molecule has 3 rings (SSSR count). The van der Waals surface area contributed by atoms with Gasteiger partial charge in [0, 0.05) is 18.5 Å². The Morgan fingerprint density at radius 1 is 1.21 bits per heavy atom. The fourth-order valence-electron chi connectivity index (χ4n) is 3.86. The number of likely N-dealkylation sites (N-methyl/N-ethyl adjacent to an activating group) is 1. The number of hydrogen-bond donors (Lipinski definition) is 1. The van der Waals surface area contributed by atoms with Crippen LogP contribution in [-0.4, -0.2) is 66.7 Å². The highest BCUT2D eigenvalue weighted by Gasteiger charge is 2.40. The molecule has 2 heterocycles. The Morgan fingerprint density at radius 2 is 1.90 bits per heavy atom. The average molecular weight is 415 g/mol. The van der Waals surface area contributed by atoms with E-state index in [0.29, 0.717) is 12.2 Å². The van der Waals surface area contributed by atoms with Crippen molar-refractivity contribution in [2.24, 2.45) is 0 Å². The monoisotopic (exact) mass is 414 g/mol. The van der Waals surface area contributed by atoms with Gasteiger partial charge in [0.1, 0.15) is 16.5 Å². The molecule has 1 aliphatic rings. The highest BCUT2D eigenvalue weighted by molar-refractivity contribution is 7.09. The zero-order valence-electron chi connectivity index (χ0n) is 17.5. The van der Waals surface area contributed by atoms with Crippen molar-refractivity contribution in [3.63, 3.8) is 0 Å². The van der Waals surface area contributed by atoms with Gasteiger partial charge in [0.15, 0.2) is 0 Å². The van der Waals surface area contributed by atoms with Crippen LogP contribution in [0.3, 0.4) is 0 Å². The summed E-state index contributed by atoms with van der Waals surface area (Å²) in [7, 11) is 3.95. The minimum Gasteiger partial charge on any atom is -0.349 e. The van der Waals surface area contributed by atoms with Crippen molar-refractivity contribution in [1.82, 2.24) is 20.1 Å². The van der Waals surface area contributed by atoms with Gasteiger partial charge in [-0.25, -0.2) is 4.98 Å². The van der Waals surface area contributed by atoms with Gasteiger partial charge in [-0.3, -0.25) is 14.5 Å². The first-order valence-electron chi connectivity index (χ1n) is 10.1. The molecule has 0 radical (unpaired) electrons. The number of thiazole rings is 1. The third-order valence-electron chi connectivity index (χ3n) is 5.70. The first kappa shape index (κ1) is 21.6. The van der Waals surface area contributed by atoms with E-state index in [2.05, 4.69) is 27.3 Å². The van der Waals surface area contributed by atoms with E-state index in [9.17, 15) is 9.59 Å². The summed E-state index contributed by atoms with van der Waals surface area (Å²) in [4.78, 5) is 33.6. The molecule has 0 unspecified atom stereocenters. The third-order valence-corrected chi connectivity index (χ3v) is 6.53. The number of likely N-dealkylation sites (tertiary alicyclic amines) is 1. The predicted molar refractivity (Wildman–Crippen MR) is 116 cm³/mol. The molecule has 0 spiro atoms. The minimum absolute atomic E-state index is 0.118. The number of nitrogens with zero attached hydrogens (tertiary/aromatic N) is 3. The lowest BCUT2D eigenvalue weighted by atomic mass is 9.70. The highest BCUT2D eigenvalue weighted by Crippen LogP contribution is 2.36. The molecule has 1 saturated heterocycles. The quantitative estimate of drug-likeness (QED) is 0.719. The van der Waals surface area contributed by atoms with Crippen molar-refractivity contribution in [3.05, 3.63) is 52.0 Å². The topological polar surface area (TPSA) is 65.5 Å². The molecule has 0 bridgehead atoms. The second kappa shape index (κ2) is 9.61. The Morgan fingerprint density at radius 3 is 2.52 bits per heavy atom. The molecule has 1 fully saturated rings. The number of Topliss-reactive ketones (excluding diaryl/α,β-unsaturated/α-hetero) is 1. The molecule has 1 amide bonds. The van der Waals surface area contributed by atoms with Crippen molar-refractivity contribution in [2.45, 2.75) is 31.7 Å². The van der Waals surface area contributed by atoms with Crippen LogP contribution in [0.15, 0.2) is 35.7 Å². The van der Waals surface area contributed by atoms with E-state index in [1.165, 1.54) is 11.3 Å². The number of amides is 1. The van der Waals surface area contributed by atoms with Crippen molar-refractivity contribution < 1.29 is 9.59 Å². The molecule has 156 valence electrons. The molecule has 0 aliphatic carbocycles. The Hall–Kier alpha value is -2.09. The number of hydrogen-bond acceptors (Lipinski definition) is 6. The van der Waals surface area contributed by atoms with E-state index < -0.39 is 0 Å². The number of ketones is 1. The van der Waals surface area contributed by atoms with E-state index in [1.54, 1.807) is 6.92 Å². The number of carbonyl (C=O) groups is 2. The minimum atomic E-state index is -0.377. The number of benzene rings is 1. The molecule has 0 atom stereocenters. The molecule has 0 saturated carbocycles. The van der Waals surface area contributed by atoms with Gasteiger partial charge in [-0.1, -0.05) is 30.3 Å². The second-order valence-electron chi connectivity index (χ2n) is 7.97. The van der Waals surface area contributed by atoms with E-state index in [0.717, 1.165) is 49.6 Å². The number of piperidine rings is 1. The standard InChI is InChI=1S/C22H30N4O2S/c1-17(27)22(18-7-5-4-6-8-18)9-12-26(13-10-22)15-20-24-19(16-29-20)21(28)23-11-14-25(2)3/h4-8,16H,9-15H2,1-3H3,(H,23,28). The summed E-state index contributed by atoms with van der Waals surface area (Å²) in [6.07, 6.45) is 1.63. The van der Waals surface area contributed by atoms with E-state index in [-0.39, 0.29) is 17.1 Å². The zero-order chi connectivity index (χ0) is 20.9. The Bertz CT molecular complexity index is 826. The lowest BCUT2D eigenvalue weighted by Gasteiger charge is -2.40. The van der Waals surface area contributed by atoms with Crippen LogP contribution in [0.2, 0.25) is 0 Å². The summed E-state index contributed by atoms with van der Waals surface area (Å²) in [6, 6.07) is 10.1. The van der Waals surface area contributed by atoms with Crippen LogP contribution in [0, 0.1) is 0 Å². The molecule has 29 heavy (non-hydrogen) atoms. The zero-order valence-corrected chi connectivity index (χ0v) is 18.3. The molecule has 6 nitrogen and oxygen atoms in total. The molecular weight excluding hydrogens is 384 g/mol. The molecule has 1 N–H and O–H groups in total. The van der Waals surface area contributed by atoms with Crippen LogP contribution in [-0.2, 0) is 16.8 Å². The van der Waals surface area contributed by atoms with Crippen LogP contribution in [0.4, 0.5) is 0 Å². The van der Waals surface area contributed by atoms with Crippen LogP contribution < -0.4 is 5.32 Å². The van der Waals surface area contributed by atoms with Crippen molar-refractivity contribution in [1.29, 1.82) is 0 Å². The number of rotatable bonds is 8. The van der Waals surface area contributed by atoms with Crippen molar-refractivity contribution >= 4 is 23.0 Å². The summed E-state index contributed by atoms with van der Waals surface area (Å²) in [5.74, 6) is 0.127. The summed E-state index contributed by atoms with van der Waals surface area (Å²) in [6.45, 7) is 5.53. The van der Waals surface area contributed by atoms with Crippen LogP contribution in [0.25, 0.3) is 0 Å². The number of nitrogens with one attached hydrogen (secondary N) is 1. The molecular formula is C22H30N4O2S. The van der Waals surface area contributed by atoms with Crippen LogP contribution in [0.1, 0.15) is 40.8 Å². The van der Waals surface area contributed by atoms with Gasteiger partial charge < -0.3 is 10.2 Å². The van der Waals surface area contributed by atoms with Gasteiger partial charge in [0.2, 0.25) is 0 Å². The van der Waals surface area contributed by atoms with E-state index >= 15 is 0 Å². The summed E-state index contributed by atoms with van der Waals surface area (Å²) < 4.78 is 0. The fraction of sp³-hybridized carbons (Fsp3) is 0.500. The van der Waals surface area contributed by atoms with Gasteiger partial charge in [-0.05, 0) is 52.5 Å². The lowest BCUT2D eigenvalue weighted by molar-refractivity contribution is -0.124. The van der Waals surface area contributed by atoms with Gasteiger partial charge in [-0.2, -0.15) is 0 Å². The Balaban J connectivity index is 1.56. The van der Waals surface area contributed by atoms with Gasteiger partial charge >= 0.3 is 0 Å². The normalized spacial score (nSPS) is 16.7. The fourth-order valence-corrected chi connectivity index (χ4v) is 4.67. The average Bonchev–Trinajstić information content (AvgIpc) is 3.17. The Labute approximate surface area is 176 Å². The summed E-state index contributed by atoms with van der Waals surface area (Å²) >= 11 is 1.52. The molecule has 1 aromatic heterocycles. The molecule has 1 aromatic carbocycles. The van der Waals surface area contributed by atoms with Crippen molar-refractivity contribution in [3.8, 4) is 0 Å². The van der Waals surface area contributed by atoms with Gasteiger partial charge in [-0.15, -0.1) is 11.3 Å². The van der Waals surface area contributed by atoms with E-state index in [4.69, 9.17) is 0 Å². The van der Waals surface area contributed by atoms with Crippen LogP contribution in [0.5, 0.6) is 0 Å². The summed E-state index contributed by atoms with van der Waals surface area (Å²) in [5.41, 5.74) is 1.24. The smallest absolute Gasteiger partial charge is 0.270 e. The number of carbonyl (C=O) groups excluding carboxylic acids is 2. The van der Waals surface area contributed by atoms with Gasteiger partial charge in [0.25, 0.3) is 5.91 Å². The van der Waals surface area contributed by atoms with Crippen LogP contribution >= 0.6 is 11.3 Å². The largest absolute Gasteiger partial charge is 0.349 e. The first-order chi connectivity index (χ1) is 13.9. The van der Waals surface area contributed by atoms with Gasteiger partial charge in [0.05, 0.1) is 12.0 Å². The first-order valence-corrected chi connectivity index (χ1v) is 10.9. The molecule has 2 aromatic rings. The predicted octanol–water partition coefficient (Wildman–Crippen LogP) is 2.56. The van der Waals surface area contributed by atoms with E-state index in [1.807, 2.05) is 42.6 Å². The molecule has 7 heteroatoms. The maximum Gasteiger partial charge on any atom is 0.270 e. The molecule has 1 aliphatic heterocycles. The SMILES string of the molecule is CC(=O)C1(c2ccccc2)CCN(Cc2nc(C(=O)NCCN(C)C)cs2)CC1. The highest BCUT2D eigenvalue weighted by atomic mass is 32.1. The lowest BCUT2D eigenvalue weighted by Crippen LogP contribution is -2.46. The summed E-state index contributed by atoms with van der Waals surface area (Å²) in [5, 5.41) is 5.67. The third kappa shape index (κ3) is 5.29. The second-order valence-corrected chi connectivity index (χ2v) is 8.91.